The van der Waals surface area contributed by atoms with Gasteiger partial charge in [0.25, 0.3) is 0 Å². The van der Waals surface area contributed by atoms with Gasteiger partial charge in [-0.1, -0.05) is 30.9 Å². The Labute approximate surface area is 50.7 Å². The maximum absolute atomic E-state index is 3.68. The van der Waals surface area contributed by atoms with Crippen LogP contribution in [0.5, 0.6) is 0 Å². The summed E-state index contributed by atoms with van der Waals surface area (Å²) in [5.74, 6) is 0. The highest BCUT2D eigenvalue weighted by Gasteiger charge is 1.80. The second-order valence-electron chi connectivity index (χ2n) is 1.29. The second kappa shape index (κ2) is 2.69. The van der Waals surface area contributed by atoms with Crippen LogP contribution < -0.4 is 0 Å². The Morgan fingerprint density at radius 1 is 1.14 bits per heavy atom. The molecule has 1 aliphatic carbocycles. The van der Waals surface area contributed by atoms with Gasteiger partial charge in [-0.05, 0) is 5.57 Å². The molecule has 0 heterocycles. The molecule has 7 heavy (non-hydrogen) atoms. The van der Waals surface area contributed by atoms with Gasteiger partial charge in [-0.2, -0.15) is 13.5 Å². The van der Waals surface area contributed by atoms with Crippen LogP contribution in [0.3, 0.4) is 0 Å². The Morgan fingerprint density at radius 3 is 1.71 bits per heavy atom. The van der Waals surface area contributed by atoms with Crippen molar-refractivity contribution in [2.24, 2.45) is 0 Å². The molecule has 0 N–H and O–H groups in total. The summed E-state index contributed by atoms with van der Waals surface area (Å²) in [4.78, 5) is 0. The van der Waals surface area contributed by atoms with Gasteiger partial charge < -0.3 is 0 Å². The largest absolute Gasteiger partial charge is 0.197 e. The number of allylic oxidation sites excluding steroid dienone is 5. The lowest BCUT2D eigenvalue weighted by Crippen LogP contribution is -1.50. The first-order valence-corrected chi connectivity index (χ1v) is 1.93. The topological polar surface area (TPSA) is 0 Å². The van der Waals surface area contributed by atoms with Crippen LogP contribution in [-0.2, 0) is 0 Å². The minimum atomic E-state index is 0. The van der Waals surface area contributed by atoms with Gasteiger partial charge in [0.15, 0.2) is 0 Å². The van der Waals surface area contributed by atoms with E-state index in [0.717, 1.165) is 5.57 Å². The average Bonchev–Trinajstić information content (AvgIpc) is 1.86. The van der Waals surface area contributed by atoms with Crippen LogP contribution in [0.1, 0.15) is 0 Å². The first-order chi connectivity index (χ1) is 2.89. The summed E-state index contributed by atoms with van der Waals surface area (Å²) in [5.41, 5.74) is 1.09. The molecule has 0 spiro atoms. The Morgan fingerprint density at radius 2 is 1.57 bits per heavy atom. The Balaban J connectivity index is 0.000000360. The average molecular weight is 112 g/mol. The molecule has 0 aromatic rings. The first kappa shape index (κ1) is 6.57. The number of hydrogen-bond donors (Lipinski definition) is 0. The molecule has 0 saturated heterocycles. The zero-order chi connectivity index (χ0) is 4.41. The number of rotatable bonds is 0. The van der Waals surface area contributed by atoms with Crippen LogP contribution in [0.2, 0.25) is 0 Å². The van der Waals surface area contributed by atoms with Crippen LogP contribution in [0, 0.1) is 0 Å². The van der Waals surface area contributed by atoms with Crippen molar-refractivity contribution < 1.29 is 0 Å². The molecule has 0 aromatic heterocycles. The molecule has 0 radical (unpaired) electrons. The highest BCUT2D eigenvalue weighted by atomic mass is 32.1. The van der Waals surface area contributed by atoms with Gasteiger partial charge >= 0.3 is 0 Å². The minimum Gasteiger partial charge on any atom is -0.197 e. The van der Waals surface area contributed by atoms with E-state index >= 15 is 0 Å². The third-order valence-electron chi connectivity index (χ3n) is 0.732. The standard InChI is InChI=1S/C6H6.H2S/c1-6-4-2-3-5-6;/h2-5H,1H2;1H2. The van der Waals surface area contributed by atoms with Crippen molar-refractivity contribution in [2.75, 3.05) is 0 Å². The van der Waals surface area contributed by atoms with Crippen LogP contribution >= 0.6 is 13.5 Å². The summed E-state index contributed by atoms with van der Waals surface area (Å²) >= 11 is 0. The van der Waals surface area contributed by atoms with E-state index in [9.17, 15) is 0 Å². The fraction of sp³-hybridized carbons (Fsp3) is 0. The van der Waals surface area contributed by atoms with E-state index in [-0.39, 0.29) is 13.5 Å². The molecular formula is C6H8S. The van der Waals surface area contributed by atoms with Crippen LogP contribution in [0.25, 0.3) is 0 Å². The van der Waals surface area contributed by atoms with Gasteiger partial charge in [0.1, 0.15) is 0 Å². The molecule has 1 heteroatoms. The molecule has 0 bridgehead atoms. The van der Waals surface area contributed by atoms with Gasteiger partial charge in [-0.25, -0.2) is 0 Å². The molecule has 0 unspecified atom stereocenters. The zero-order valence-electron chi connectivity index (χ0n) is 4.02. The predicted octanol–water partition coefficient (Wildman–Crippen LogP) is 1.78. The Kier molecular flexibility index (Phi) is 2.53. The quantitative estimate of drug-likeness (QED) is 0.448. The lowest BCUT2D eigenvalue weighted by molar-refractivity contribution is 1.85. The summed E-state index contributed by atoms with van der Waals surface area (Å²) < 4.78 is 0. The normalized spacial score (nSPS) is 14.6. The van der Waals surface area contributed by atoms with Gasteiger partial charge in [-0.3, -0.25) is 0 Å². The Hall–Kier alpha value is -0.430. The highest BCUT2D eigenvalue weighted by molar-refractivity contribution is 7.59. The summed E-state index contributed by atoms with van der Waals surface area (Å²) in [6, 6.07) is 0. The predicted molar refractivity (Wildman–Crippen MR) is 37.8 cm³/mol. The summed E-state index contributed by atoms with van der Waals surface area (Å²) in [6.45, 7) is 3.68. The van der Waals surface area contributed by atoms with Crippen molar-refractivity contribution in [1.82, 2.24) is 0 Å². The van der Waals surface area contributed by atoms with Crippen molar-refractivity contribution in [1.29, 1.82) is 0 Å². The summed E-state index contributed by atoms with van der Waals surface area (Å²) in [6.07, 6.45) is 7.89. The maximum atomic E-state index is 3.68. The smallest absolute Gasteiger partial charge is 0.0329 e. The van der Waals surface area contributed by atoms with Gasteiger partial charge in [0.05, 0.1) is 0 Å². The minimum absolute atomic E-state index is 0. The van der Waals surface area contributed by atoms with Gasteiger partial charge in [-0.15, -0.1) is 0 Å². The third kappa shape index (κ3) is 1.64. The number of hydrogen-bond acceptors (Lipinski definition) is 0. The van der Waals surface area contributed by atoms with E-state index in [1.54, 1.807) is 0 Å². The van der Waals surface area contributed by atoms with Crippen LogP contribution in [-0.4, -0.2) is 0 Å². The Bertz CT molecular complexity index is 106. The summed E-state index contributed by atoms with van der Waals surface area (Å²) in [5, 5.41) is 0. The van der Waals surface area contributed by atoms with Crippen molar-refractivity contribution in [3.8, 4) is 0 Å². The lowest BCUT2D eigenvalue weighted by atomic mass is 10.4. The van der Waals surface area contributed by atoms with Crippen molar-refractivity contribution >= 4 is 13.5 Å². The van der Waals surface area contributed by atoms with E-state index in [1.807, 2.05) is 24.3 Å². The lowest BCUT2D eigenvalue weighted by Gasteiger charge is -1.71. The van der Waals surface area contributed by atoms with E-state index < -0.39 is 0 Å². The van der Waals surface area contributed by atoms with Crippen molar-refractivity contribution in [3.63, 3.8) is 0 Å². The van der Waals surface area contributed by atoms with E-state index in [4.69, 9.17) is 0 Å². The zero-order valence-corrected chi connectivity index (χ0v) is 5.02. The molecule has 0 amide bonds. The van der Waals surface area contributed by atoms with Crippen LogP contribution in [0.4, 0.5) is 0 Å². The molecule has 0 aromatic carbocycles. The fourth-order valence-corrected chi connectivity index (χ4v) is 0.414. The van der Waals surface area contributed by atoms with Crippen molar-refractivity contribution in [2.45, 2.75) is 0 Å². The molecular weight excluding hydrogens is 104 g/mol. The van der Waals surface area contributed by atoms with E-state index in [1.165, 1.54) is 0 Å². The molecule has 0 nitrogen and oxygen atoms in total. The van der Waals surface area contributed by atoms with Gasteiger partial charge in [0.2, 0.25) is 0 Å². The summed E-state index contributed by atoms with van der Waals surface area (Å²) in [7, 11) is 0. The molecule has 0 aliphatic heterocycles. The monoisotopic (exact) mass is 112 g/mol. The van der Waals surface area contributed by atoms with Gasteiger partial charge in [0, 0.05) is 0 Å². The second-order valence-corrected chi connectivity index (χ2v) is 1.29. The molecule has 1 rings (SSSR count). The third-order valence-corrected chi connectivity index (χ3v) is 0.732. The first-order valence-electron chi connectivity index (χ1n) is 1.93. The van der Waals surface area contributed by atoms with E-state index in [2.05, 4.69) is 6.58 Å². The van der Waals surface area contributed by atoms with Crippen LogP contribution in [0.15, 0.2) is 36.5 Å². The maximum Gasteiger partial charge on any atom is -0.0329 e. The molecule has 0 atom stereocenters. The molecule has 0 saturated carbocycles. The molecule has 1 aliphatic rings. The SMILES string of the molecule is C=C1C=CC=C1.S. The van der Waals surface area contributed by atoms with Crippen molar-refractivity contribution in [3.05, 3.63) is 36.5 Å². The molecule has 38 valence electrons. The highest BCUT2D eigenvalue weighted by Crippen LogP contribution is 2.01. The molecule has 0 fully saturated rings. The fourth-order valence-electron chi connectivity index (χ4n) is 0.414. The van der Waals surface area contributed by atoms with E-state index in [0.29, 0.717) is 0 Å².